The zero-order chi connectivity index (χ0) is 20.6. The first-order valence-corrected chi connectivity index (χ1v) is 10.6. The Morgan fingerprint density at radius 2 is 1.03 bits per heavy atom. The van der Waals surface area contributed by atoms with E-state index in [1.807, 2.05) is 0 Å². The average molecular weight is 396 g/mol. The third kappa shape index (κ3) is 3.03. The lowest BCUT2D eigenvalue weighted by molar-refractivity contribution is 1.15. The summed E-state index contributed by atoms with van der Waals surface area (Å²) in [4.78, 5) is 0. The van der Waals surface area contributed by atoms with Crippen molar-refractivity contribution >= 4 is 21.7 Å². The molecule has 1 aromatic heterocycles. The van der Waals surface area contributed by atoms with Crippen LogP contribution in [0.4, 0.5) is 0 Å². The minimum absolute atomic E-state index is 1.21. The van der Waals surface area contributed by atoms with Gasteiger partial charge in [0, 0.05) is 10.8 Å². The van der Waals surface area contributed by atoms with E-state index in [9.17, 15) is 0 Å². The van der Waals surface area contributed by atoms with Crippen molar-refractivity contribution in [1.82, 2.24) is 4.57 Å². The van der Waals surface area contributed by atoms with Crippen LogP contribution in [0.15, 0.2) is 127 Å². The Bertz CT molecular complexity index is 1510. The highest BCUT2D eigenvalue weighted by molar-refractivity contribution is 5.98. The van der Waals surface area contributed by atoms with Crippen molar-refractivity contribution < 1.29 is 0 Å². The van der Waals surface area contributed by atoms with Gasteiger partial charge < -0.3 is 4.57 Å². The molecule has 0 atom stereocenters. The molecule has 0 radical (unpaired) electrons. The lowest BCUT2D eigenvalue weighted by atomic mass is 9.99. The first kappa shape index (κ1) is 17.7. The van der Waals surface area contributed by atoms with E-state index in [1.54, 1.807) is 0 Å². The summed E-state index contributed by atoms with van der Waals surface area (Å²) in [6, 6.07) is 45.5. The number of hydrogen-bond donors (Lipinski definition) is 0. The summed E-state index contributed by atoms with van der Waals surface area (Å²) in [6.07, 6.45) is 0. The van der Waals surface area contributed by atoms with Gasteiger partial charge in [0.2, 0.25) is 0 Å². The zero-order valence-corrected chi connectivity index (χ0v) is 17.1. The van der Waals surface area contributed by atoms with Crippen LogP contribution in [-0.2, 0) is 0 Å². The zero-order valence-electron chi connectivity index (χ0n) is 17.1. The summed E-state index contributed by atoms with van der Waals surface area (Å²) in [6.45, 7) is 0. The standard InChI is InChI=1S/C30H21N/c1-3-11-22(12-4-1)26-19-24-15-7-9-17-27(24)30(21-26)31-28-18-10-8-16-25(28)20-29(31)23-13-5-2-6-14-23/h1-21H/i29+1. The molecule has 6 aromatic rings. The Morgan fingerprint density at radius 1 is 0.419 bits per heavy atom. The van der Waals surface area contributed by atoms with E-state index in [0.717, 1.165) is 0 Å². The lowest BCUT2D eigenvalue weighted by Gasteiger charge is -2.16. The Morgan fingerprint density at radius 3 is 1.81 bits per heavy atom. The van der Waals surface area contributed by atoms with Crippen LogP contribution in [0.25, 0.3) is 49.7 Å². The molecular weight excluding hydrogens is 375 g/mol. The fourth-order valence-electron chi connectivity index (χ4n) is 4.51. The summed E-state index contributed by atoms with van der Waals surface area (Å²) >= 11 is 0. The average Bonchev–Trinajstić information content (AvgIpc) is 3.24. The van der Waals surface area contributed by atoms with Crippen molar-refractivity contribution in [2.24, 2.45) is 0 Å². The molecule has 0 aliphatic heterocycles. The second kappa shape index (κ2) is 7.30. The van der Waals surface area contributed by atoms with Gasteiger partial charge in [-0.05, 0) is 46.3 Å². The molecule has 146 valence electrons. The fourth-order valence-corrected chi connectivity index (χ4v) is 4.51. The number of hydrogen-bond acceptors (Lipinski definition) is 0. The summed E-state index contributed by atoms with van der Waals surface area (Å²) in [5.41, 5.74) is 7.30. The van der Waals surface area contributed by atoms with Crippen molar-refractivity contribution in [3.05, 3.63) is 127 Å². The highest BCUT2D eigenvalue weighted by Gasteiger charge is 2.15. The lowest BCUT2D eigenvalue weighted by Crippen LogP contribution is -1.99. The van der Waals surface area contributed by atoms with E-state index < -0.39 is 0 Å². The molecule has 5 aromatic carbocycles. The molecular formula is C30H21N. The first-order valence-electron chi connectivity index (χ1n) is 10.6. The normalized spacial score (nSPS) is 11.2. The maximum Gasteiger partial charge on any atom is 0.0546 e. The summed E-state index contributed by atoms with van der Waals surface area (Å²) < 4.78 is 2.42. The predicted molar refractivity (Wildman–Crippen MR) is 132 cm³/mol. The number of benzene rings is 5. The summed E-state index contributed by atoms with van der Waals surface area (Å²) in [5.74, 6) is 0. The molecule has 0 bridgehead atoms. The van der Waals surface area contributed by atoms with E-state index in [4.69, 9.17) is 0 Å². The van der Waals surface area contributed by atoms with Crippen LogP contribution in [-0.4, -0.2) is 4.57 Å². The third-order valence-electron chi connectivity index (χ3n) is 5.97. The quantitative estimate of drug-likeness (QED) is 0.285. The van der Waals surface area contributed by atoms with Gasteiger partial charge in [0.1, 0.15) is 0 Å². The highest BCUT2D eigenvalue weighted by Crippen LogP contribution is 2.37. The summed E-state index contributed by atoms with van der Waals surface area (Å²) in [5, 5.41) is 3.74. The number of aromatic nitrogens is 1. The number of nitrogens with zero attached hydrogens (tertiary/aromatic N) is 1. The minimum atomic E-state index is 1.21. The molecule has 0 aliphatic carbocycles. The highest BCUT2D eigenvalue weighted by atomic mass is 15.1. The van der Waals surface area contributed by atoms with Crippen LogP contribution in [0.1, 0.15) is 0 Å². The monoisotopic (exact) mass is 396 g/mol. The van der Waals surface area contributed by atoms with Crippen molar-refractivity contribution in [2.75, 3.05) is 0 Å². The van der Waals surface area contributed by atoms with Crippen LogP contribution >= 0.6 is 0 Å². The molecule has 1 heterocycles. The largest absolute Gasteiger partial charge is 0.309 e. The van der Waals surface area contributed by atoms with E-state index in [1.165, 1.54) is 49.7 Å². The van der Waals surface area contributed by atoms with Gasteiger partial charge in [-0.1, -0.05) is 103 Å². The summed E-state index contributed by atoms with van der Waals surface area (Å²) in [7, 11) is 0. The molecule has 0 spiro atoms. The maximum atomic E-state index is 2.42. The minimum Gasteiger partial charge on any atom is -0.309 e. The molecule has 0 fully saturated rings. The molecule has 0 aliphatic rings. The van der Waals surface area contributed by atoms with Crippen LogP contribution in [0.3, 0.4) is 0 Å². The van der Waals surface area contributed by atoms with Crippen LogP contribution in [0, 0.1) is 0 Å². The molecule has 1 heteroatoms. The first-order chi connectivity index (χ1) is 15.4. The van der Waals surface area contributed by atoms with Gasteiger partial charge in [-0.2, -0.15) is 0 Å². The van der Waals surface area contributed by atoms with Crippen molar-refractivity contribution in [3.8, 4) is 28.1 Å². The molecule has 0 amide bonds. The van der Waals surface area contributed by atoms with E-state index in [-0.39, 0.29) is 0 Å². The second-order valence-corrected chi connectivity index (χ2v) is 7.87. The topological polar surface area (TPSA) is 4.93 Å². The molecule has 31 heavy (non-hydrogen) atoms. The van der Waals surface area contributed by atoms with Gasteiger partial charge in [0.25, 0.3) is 0 Å². The Kier molecular flexibility index (Phi) is 4.18. The SMILES string of the molecule is c1ccc(-c2cc(-n3c4ccccc4c[13c]3-c3ccccc3)c3ccccc3c2)cc1. The van der Waals surface area contributed by atoms with Crippen LogP contribution < -0.4 is 0 Å². The van der Waals surface area contributed by atoms with Gasteiger partial charge in [-0.25, -0.2) is 0 Å². The van der Waals surface area contributed by atoms with Gasteiger partial charge >= 0.3 is 0 Å². The van der Waals surface area contributed by atoms with Crippen molar-refractivity contribution in [3.63, 3.8) is 0 Å². The van der Waals surface area contributed by atoms with Crippen LogP contribution in [0.2, 0.25) is 0 Å². The van der Waals surface area contributed by atoms with Gasteiger partial charge in [0.15, 0.2) is 0 Å². The Hall–Kier alpha value is -4.10. The second-order valence-electron chi connectivity index (χ2n) is 7.87. The van der Waals surface area contributed by atoms with Gasteiger partial charge in [-0.3, -0.25) is 0 Å². The van der Waals surface area contributed by atoms with E-state index in [2.05, 4.69) is 132 Å². The number of rotatable bonds is 3. The number of fused-ring (bicyclic) bond motifs is 2. The van der Waals surface area contributed by atoms with E-state index >= 15 is 0 Å². The molecule has 0 saturated carbocycles. The third-order valence-corrected chi connectivity index (χ3v) is 5.97. The maximum absolute atomic E-state index is 2.42. The van der Waals surface area contributed by atoms with Gasteiger partial charge in [0.05, 0.1) is 16.9 Å². The van der Waals surface area contributed by atoms with Crippen LogP contribution in [0.5, 0.6) is 0 Å². The van der Waals surface area contributed by atoms with E-state index in [0.29, 0.717) is 0 Å². The molecule has 0 unspecified atom stereocenters. The van der Waals surface area contributed by atoms with Gasteiger partial charge in [-0.15, -0.1) is 0 Å². The molecule has 0 saturated heterocycles. The smallest absolute Gasteiger partial charge is 0.0546 e. The van der Waals surface area contributed by atoms with Crippen molar-refractivity contribution in [1.29, 1.82) is 0 Å². The molecule has 1 nitrogen and oxygen atoms in total. The molecule has 6 rings (SSSR count). The van der Waals surface area contributed by atoms with Crippen molar-refractivity contribution in [2.45, 2.75) is 0 Å². The fraction of sp³-hybridized carbons (Fsp3) is 0. The Balaban J connectivity index is 1.73. The number of para-hydroxylation sites is 1. The predicted octanol–water partition coefficient (Wildman–Crippen LogP) is 8.12. The molecule has 0 N–H and O–H groups in total. The Labute approximate surface area is 181 Å².